The number of anilines is 1. The molecule has 122 valence electrons. The summed E-state index contributed by atoms with van der Waals surface area (Å²) in [4.78, 5) is 35.4. The van der Waals surface area contributed by atoms with Gasteiger partial charge in [0.1, 0.15) is 11.6 Å². The van der Waals surface area contributed by atoms with Crippen LogP contribution in [0.3, 0.4) is 0 Å². The molecule has 1 fully saturated rings. The summed E-state index contributed by atoms with van der Waals surface area (Å²) in [5, 5.41) is 8.66. The minimum absolute atomic E-state index is 0.0229. The second-order valence-electron chi connectivity index (χ2n) is 5.71. The fourth-order valence-electron chi connectivity index (χ4n) is 2.83. The maximum absolute atomic E-state index is 12.2. The molecule has 0 saturated carbocycles. The molecule has 0 spiro atoms. The lowest BCUT2D eigenvalue weighted by molar-refractivity contribution is -0.119. The van der Waals surface area contributed by atoms with Crippen LogP contribution in [0, 0.1) is 0 Å². The van der Waals surface area contributed by atoms with Gasteiger partial charge in [0, 0.05) is 12.2 Å². The lowest BCUT2D eigenvalue weighted by Crippen LogP contribution is -2.55. The van der Waals surface area contributed by atoms with Crippen LogP contribution in [0.5, 0.6) is 0 Å². The van der Waals surface area contributed by atoms with E-state index in [0.717, 1.165) is 25.8 Å². The Labute approximate surface area is 133 Å². The van der Waals surface area contributed by atoms with Crippen molar-refractivity contribution in [3.8, 4) is 0 Å². The van der Waals surface area contributed by atoms with Crippen LogP contribution in [0.4, 0.5) is 10.6 Å². The number of nitrogens with one attached hydrogen (secondary N) is 4. The van der Waals surface area contributed by atoms with Crippen molar-refractivity contribution in [3.63, 3.8) is 0 Å². The average Bonchev–Trinajstić information content (AvgIpc) is 3.01. The zero-order chi connectivity index (χ0) is 16.2. The van der Waals surface area contributed by atoms with E-state index in [9.17, 15) is 9.59 Å². The van der Waals surface area contributed by atoms with Crippen LogP contribution in [0.25, 0.3) is 11.2 Å². The molecule has 4 N–H and O–H groups in total. The van der Waals surface area contributed by atoms with E-state index >= 15 is 0 Å². The molecule has 2 amide bonds. The van der Waals surface area contributed by atoms with Crippen molar-refractivity contribution in [3.05, 3.63) is 18.5 Å². The van der Waals surface area contributed by atoms with Gasteiger partial charge in [-0.3, -0.25) is 10.1 Å². The number of hydrogen-bond donors (Lipinski definition) is 4. The molecule has 1 aliphatic rings. The van der Waals surface area contributed by atoms with E-state index in [2.05, 4.69) is 30.9 Å². The molecule has 2 aromatic rings. The number of fused-ring (bicyclic) bond motifs is 1. The molecule has 0 radical (unpaired) electrons. The first kappa shape index (κ1) is 15.4. The van der Waals surface area contributed by atoms with Crippen LogP contribution in [0.15, 0.2) is 18.5 Å². The molecule has 0 aliphatic carbocycles. The number of ketones is 1. The highest BCUT2D eigenvalue weighted by atomic mass is 16.2. The molecule has 2 atom stereocenters. The smallest absolute Gasteiger partial charge is 0.321 e. The summed E-state index contributed by atoms with van der Waals surface area (Å²) in [6.45, 7) is 2.36. The van der Waals surface area contributed by atoms with Crippen molar-refractivity contribution in [1.82, 2.24) is 25.6 Å². The number of carbonyl (C=O) groups is 2. The van der Waals surface area contributed by atoms with Crippen LogP contribution in [-0.4, -0.2) is 45.4 Å². The second-order valence-corrected chi connectivity index (χ2v) is 5.71. The Morgan fingerprint density at radius 3 is 3.00 bits per heavy atom. The number of urea groups is 1. The first-order chi connectivity index (χ1) is 11.1. The number of hydrogen-bond acceptors (Lipinski definition) is 5. The Balaban J connectivity index is 1.65. The summed E-state index contributed by atoms with van der Waals surface area (Å²) >= 11 is 0. The number of amides is 2. The molecule has 8 nitrogen and oxygen atoms in total. The van der Waals surface area contributed by atoms with Crippen molar-refractivity contribution in [2.75, 3.05) is 11.9 Å². The maximum atomic E-state index is 12.2. The summed E-state index contributed by atoms with van der Waals surface area (Å²) < 4.78 is 0. The zero-order valence-corrected chi connectivity index (χ0v) is 12.9. The van der Waals surface area contributed by atoms with E-state index in [0.29, 0.717) is 17.0 Å². The van der Waals surface area contributed by atoms with E-state index in [4.69, 9.17) is 0 Å². The van der Waals surface area contributed by atoms with E-state index < -0.39 is 12.1 Å². The van der Waals surface area contributed by atoms with E-state index in [1.165, 1.54) is 13.1 Å². The number of aromatic amines is 1. The molecule has 0 bridgehead atoms. The standard InChI is InChI=1S/C15H20N6O2/c1-9(22)13(10-4-2-3-6-16-10)21-15(23)20-12-8-18-14-11(19-12)5-7-17-14/h5,7-8,10,13,16H,2-4,6H2,1H3,(H,17,18)(H2,19,20,21,23). The summed E-state index contributed by atoms with van der Waals surface area (Å²) in [5.74, 6) is 0.278. The highest BCUT2D eigenvalue weighted by molar-refractivity contribution is 5.93. The van der Waals surface area contributed by atoms with Gasteiger partial charge in [-0.05, 0) is 32.4 Å². The van der Waals surface area contributed by atoms with Crippen LogP contribution in [-0.2, 0) is 4.79 Å². The minimum atomic E-state index is -0.542. The molecule has 3 rings (SSSR count). The van der Waals surface area contributed by atoms with Gasteiger partial charge in [0.25, 0.3) is 0 Å². The number of piperidine rings is 1. The third-order valence-electron chi connectivity index (χ3n) is 3.98. The van der Waals surface area contributed by atoms with Crippen LogP contribution < -0.4 is 16.0 Å². The van der Waals surface area contributed by atoms with Gasteiger partial charge in [0.2, 0.25) is 0 Å². The first-order valence-electron chi connectivity index (χ1n) is 7.75. The average molecular weight is 316 g/mol. The highest BCUT2D eigenvalue weighted by Crippen LogP contribution is 2.12. The number of Topliss-reactive ketones (excluding diaryl/α,β-unsaturated/α-hetero) is 1. The van der Waals surface area contributed by atoms with Crippen LogP contribution in [0.2, 0.25) is 0 Å². The molecule has 2 aromatic heterocycles. The lowest BCUT2D eigenvalue weighted by Gasteiger charge is -2.30. The number of rotatable bonds is 4. The van der Waals surface area contributed by atoms with Crippen molar-refractivity contribution in [2.24, 2.45) is 0 Å². The Bertz CT molecular complexity index is 707. The van der Waals surface area contributed by atoms with Gasteiger partial charge in [-0.25, -0.2) is 14.8 Å². The predicted molar refractivity (Wildman–Crippen MR) is 86.2 cm³/mol. The van der Waals surface area contributed by atoms with E-state index in [-0.39, 0.29) is 11.8 Å². The minimum Gasteiger partial charge on any atom is -0.345 e. The Kier molecular flexibility index (Phi) is 4.52. The predicted octanol–water partition coefficient (Wildman–Crippen LogP) is 1.18. The molecule has 1 saturated heterocycles. The first-order valence-corrected chi connectivity index (χ1v) is 7.75. The van der Waals surface area contributed by atoms with Crippen molar-refractivity contribution >= 4 is 28.8 Å². The number of aromatic nitrogens is 3. The summed E-state index contributed by atoms with van der Waals surface area (Å²) in [5.41, 5.74) is 1.32. The number of nitrogens with zero attached hydrogens (tertiary/aromatic N) is 2. The third kappa shape index (κ3) is 3.65. The topological polar surface area (TPSA) is 112 Å². The SMILES string of the molecule is CC(=O)C(NC(=O)Nc1cnc2[nH]ccc2n1)C1CCCCN1. The van der Waals surface area contributed by atoms with Gasteiger partial charge >= 0.3 is 6.03 Å². The lowest BCUT2D eigenvalue weighted by atomic mass is 9.95. The van der Waals surface area contributed by atoms with E-state index in [1.54, 1.807) is 12.3 Å². The number of carbonyl (C=O) groups excluding carboxylic acids is 2. The quantitative estimate of drug-likeness (QED) is 0.677. The zero-order valence-electron chi connectivity index (χ0n) is 12.9. The number of H-pyrrole nitrogens is 1. The van der Waals surface area contributed by atoms with Gasteiger partial charge in [-0.2, -0.15) is 0 Å². The Morgan fingerprint density at radius 1 is 1.39 bits per heavy atom. The molecular weight excluding hydrogens is 296 g/mol. The van der Waals surface area contributed by atoms with E-state index in [1.807, 2.05) is 0 Å². The fraction of sp³-hybridized carbons (Fsp3) is 0.467. The Hall–Kier alpha value is -2.48. The molecular formula is C15H20N6O2. The van der Waals surface area contributed by atoms with Gasteiger partial charge in [0.15, 0.2) is 17.2 Å². The summed E-state index contributed by atoms with van der Waals surface area (Å²) in [6, 6.07) is 0.752. The fourth-order valence-corrected chi connectivity index (χ4v) is 2.83. The van der Waals surface area contributed by atoms with Crippen LogP contribution in [0.1, 0.15) is 26.2 Å². The normalized spacial score (nSPS) is 19.3. The molecule has 3 heterocycles. The highest BCUT2D eigenvalue weighted by Gasteiger charge is 2.28. The van der Waals surface area contributed by atoms with Gasteiger partial charge in [0.05, 0.1) is 6.20 Å². The van der Waals surface area contributed by atoms with Gasteiger partial charge in [-0.1, -0.05) is 6.42 Å². The maximum Gasteiger partial charge on any atom is 0.321 e. The molecule has 2 unspecified atom stereocenters. The van der Waals surface area contributed by atoms with Gasteiger partial charge in [-0.15, -0.1) is 0 Å². The van der Waals surface area contributed by atoms with Crippen molar-refractivity contribution in [2.45, 2.75) is 38.3 Å². The molecule has 1 aliphatic heterocycles. The second kappa shape index (κ2) is 6.74. The third-order valence-corrected chi connectivity index (χ3v) is 3.98. The van der Waals surface area contributed by atoms with Crippen molar-refractivity contribution < 1.29 is 9.59 Å². The molecule has 23 heavy (non-hydrogen) atoms. The summed E-state index contributed by atoms with van der Waals surface area (Å²) in [7, 11) is 0. The molecule has 0 aromatic carbocycles. The van der Waals surface area contributed by atoms with Crippen molar-refractivity contribution in [1.29, 1.82) is 0 Å². The largest absolute Gasteiger partial charge is 0.345 e. The monoisotopic (exact) mass is 316 g/mol. The van der Waals surface area contributed by atoms with Crippen LogP contribution >= 0.6 is 0 Å². The Morgan fingerprint density at radius 2 is 2.26 bits per heavy atom. The van der Waals surface area contributed by atoms with Gasteiger partial charge < -0.3 is 15.6 Å². The summed E-state index contributed by atoms with van der Waals surface area (Å²) in [6.07, 6.45) is 6.23. The molecule has 8 heteroatoms.